The highest BCUT2D eigenvalue weighted by molar-refractivity contribution is 6.28. The topological polar surface area (TPSA) is 18.1 Å². The van der Waals surface area contributed by atoms with Gasteiger partial charge in [0.25, 0.3) is 0 Å². The van der Waals surface area contributed by atoms with Gasteiger partial charge in [-0.15, -0.1) is 0 Å². The van der Waals surface area contributed by atoms with Gasteiger partial charge in [-0.2, -0.15) is 0 Å². The monoisotopic (exact) mass is 711 g/mol. The van der Waals surface area contributed by atoms with Crippen LogP contribution in [-0.2, 0) is 0 Å². The number of para-hydroxylation sites is 2. The van der Waals surface area contributed by atoms with Gasteiger partial charge in [0.15, 0.2) is 0 Å². The Kier molecular flexibility index (Phi) is 6.66. The van der Waals surface area contributed by atoms with Gasteiger partial charge in [-0.1, -0.05) is 146 Å². The lowest BCUT2D eigenvalue weighted by Crippen LogP contribution is -1.92. The van der Waals surface area contributed by atoms with E-state index in [1.165, 1.54) is 81.9 Å². The van der Waals surface area contributed by atoms with Crippen LogP contribution in [0.5, 0.6) is 0 Å². The predicted molar refractivity (Wildman–Crippen MR) is 237 cm³/mol. The Balaban J connectivity index is 1.06. The molecule has 2 heterocycles. The maximum absolute atomic E-state index is 6.77. The van der Waals surface area contributed by atoms with E-state index >= 15 is 0 Å². The molecule has 2 heteroatoms. The number of benzene rings is 10. The highest BCUT2D eigenvalue weighted by atomic mass is 16.3. The van der Waals surface area contributed by atoms with Crippen molar-refractivity contribution in [1.82, 2.24) is 4.57 Å². The molecule has 0 radical (unpaired) electrons. The second-order valence-corrected chi connectivity index (χ2v) is 14.8. The molecule has 0 bridgehead atoms. The van der Waals surface area contributed by atoms with E-state index in [4.69, 9.17) is 4.42 Å². The first-order valence-electron chi connectivity index (χ1n) is 19.3. The minimum atomic E-state index is 0.892. The van der Waals surface area contributed by atoms with Crippen molar-refractivity contribution >= 4 is 76.1 Å². The molecule has 0 N–H and O–H groups in total. The van der Waals surface area contributed by atoms with Crippen molar-refractivity contribution in [2.45, 2.75) is 0 Å². The molecule has 0 amide bonds. The molecule has 0 aliphatic heterocycles. The molecule has 10 aromatic carbocycles. The third-order valence-electron chi connectivity index (χ3n) is 11.7. The first-order valence-corrected chi connectivity index (χ1v) is 19.3. The Hall–Kier alpha value is -7.42. The van der Waals surface area contributed by atoms with E-state index in [1.54, 1.807) is 0 Å². The molecule has 12 rings (SSSR count). The molecule has 260 valence electrons. The van der Waals surface area contributed by atoms with E-state index in [0.717, 1.165) is 33.2 Å². The summed E-state index contributed by atoms with van der Waals surface area (Å²) in [4.78, 5) is 0. The van der Waals surface area contributed by atoms with E-state index in [2.05, 4.69) is 205 Å². The fourth-order valence-corrected chi connectivity index (χ4v) is 9.30. The summed E-state index contributed by atoms with van der Waals surface area (Å²) in [5.41, 5.74) is 12.6. The number of hydrogen-bond donors (Lipinski definition) is 0. The van der Waals surface area contributed by atoms with Crippen LogP contribution in [0.4, 0.5) is 0 Å². The molecule has 0 atom stereocenters. The maximum atomic E-state index is 6.77. The van der Waals surface area contributed by atoms with Crippen LogP contribution in [-0.4, -0.2) is 4.57 Å². The fraction of sp³-hybridized carbons (Fsp3) is 0. The highest BCUT2D eigenvalue weighted by Gasteiger charge is 2.21. The molecule has 2 nitrogen and oxygen atoms in total. The average Bonchev–Trinajstić information content (AvgIpc) is 3.81. The summed E-state index contributed by atoms with van der Waals surface area (Å²) in [5, 5.41) is 12.1. The van der Waals surface area contributed by atoms with Crippen molar-refractivity contribution in [3.63, 3.8) is 0 Å². The van der Waals surface area contributed by atoms with E-state index in [1.807, 2.05) is 0 Å². The van der Waals surface area contributed by atoms with Crippen LogP contribution in [0.1, 0.15) is 0 Å². The van der Waals surface area contributed by atoms with Gasteiger partial charge in [0, 0.05) is 27.2 Å². The maximum Gasteiger partial charge on any atom is 0.136 e. The van der Waals surface area contributed by atoms with Gasteiger partial charge >= 0.3 is 0 Å². The quantitative estimate of drug-likeness (QED) is 0.166. The first-order chi connectivity index (χ1) is 27.8. The highest BCUT2D eigenvalue weighted by Crippen LogP contribution is 2.46. The van der Waals surface area contributed by atoms with E-state index in [-0.39, 0.29) is 0 Å². The Bertz CT molecular complexity index is 3460. The van der Waals surface area contributed by atoms with Crippen molar-refractivity contribution in [2.24, 2.45) is 0 Å². The van der Waals surface area contributed by atoms with Gasteiger partial charge < -0.3 is 8.98 Å². The zero-order valence-corrected chi connectivity index (χ0v) is 30.4. The van der Waals surface area contributed by atoms with Gasteiger partial charge in [-0.3, -0.25) is 0 Å². The SMILES string of the molecule is c1ccc(-c2ccc3cc(-c4c5ccccc5c(-c5ccc6c(c5)oc5ccc7c(c8ccccc8n7-c7ccccc7)c56)c5ccccc45)ccc3c2)cc1. The van der Waals surface area contributed by atoms with Crippen LogP contribution in [0.3, 0.4) is 0 Å². The van der Waals surface area contributed by atoms with Crippen molar-refractivity contribution in [1.29, 1.82) is 0 Å². The lowest BCUT2D eigenvalue weighted by molar-refractivity contribution is 0.669. The molecule has 0 aliphatic carbocycles. The Morgan fingerprint density at radius 2 is 0.839 bits per heavy atom. The van der Waals surface area contributed by atoms with Crippen molar-refractivity contribution in [3.8, 4) is 39.1 Å². The van der Waals surface area contributed by atoms with Crippen molar-refractivity contribution < 1.29 is 4.42 Å². The largest absolute Gasteiger partial charge is 0.456 e. The number of fused-ring (bicyclic) bond motifs is 10. The zero-order chi connectivity index (χ0) is 36.7. The molecular formula is C54H33NO. The van der Waals surface area contributed by atoms with Gasteiger partial charge in [0.2, 0.25) is 0 Å². The molecule has 0 spiro atoms. The summed E-state index contributed by atoms with van der Waals surface area (Å²) < 4.78 is 9.14. The van der Waals surface area contributed by atoms with Crippen molar-refractivity contribution in [2.75, 3.05) is 0 Å². The summed E-state index contributed by atoms with van der Waals surface area (Å²) >= 11 is 0. The number of nitrogens with zero attached hydrogens (tertiary/aromatic N) is 1. The lowest BCUT2D eigenvalue weighted by atomic mass is 9.85. The minimum Gasteiger partial charge on any atom is -0.456 e. The number of hydrogen-bond acceptors (Lipinski definition) is 1. The Morgan fingerprint density at radius 1 is 0.304 bits per heavy atom. The smallest absolute Gasteiger partial charge is 0.136 e. The second-order valence-electron chi connectivity index (χ2n) is 14.8. The molecule has 12 aromatic rings. The zero-order valence-electron chi connectivity index (χ0n) is 30.4. The second kappa shape index (κ2) is 12.0. The van der Waals surface area contributed by atoms with Crippen LogP contribution in [0.2, 0.25) is 0 Å². The fourth-order valence-electron chi connectivity index (χ4n) is 9.30. The molecular weight excluding hydrogens is 679 g/mol. The number of rotatable bonds is 4. The Morgan fingerprint density at radius 3 is 1.52 bits per heavy atom. The van der Waals surface area contributed by atoms with Gasteiger partial charge in [0.1, 0.15) is 11.2 Å². The number of aromatic nitrogens is 1. The minimum absolute atomic E-state index is 0.892. The van der Waals surface area contributed by atoms with Gasteiger partial charge in [-0.25, -0.2) is 0 Å². The molecule has 0 aliphatic rings. The third kappa shape index (κ3) is 4.57. The van der Waals surface area contributed by atoms with Crippen LogP contribution in [0.25, 0.3) is 115 Å². The third-order valence-corrected chi connectivity index (χ3v) is 11.7. The van der Waals surface area contributed by atoms with E-state index in [0.29, 0.717) is 0 Å². The normalized spacial score (nSPS) is 11.9. The first kappa shape index (κ1) is 31.0. The molecule has 56 heavy (non-hydrogen) atoms. The van der Waals surface area contributed by atoms with E-state index < -0.39 is 0 Å². The van der Waals surface area contributed by atoms with Crippen LogP contribution >= 0.6 is 0 Å². The Labute approximate surface area is 323 Å². The average molecular weight is 712 g/mol. The molecule has 0 fully saturated rings. The van der Waals surface area contributed by atoms with Crippen LogP contribution < -0.4 is 0 Å². The van der Waals surface area contributed by atoms with Crippen LogP contribution in [0, 0.1) is 0 Å². The summed E-state index contributed by atoms with van der Waals surface area (Å²) in [5.74, 6) is 0. The summed E-state index contributed by atoms with van der Waals surface area (Å²) in [7, 11) is 0. The van der Waals surface area contributed by atoms with Crippen LogP contribution in [0.15, 0.2) is 205 Å². The predicted octanol–water partition coefficient (Wildman–Crippen LogP) is 15.1. The molecule has 0 unspecified atom stereocenters. The molecule has 0 saturated carbocycles. The van der Waals surface area contributed by atoms with Gasteiger partial charge in [-0.05, 0) is 120 Å². The van der Waals surface area contributed by atoms with E-state index in [9.17, 15) is 0 Å². The van der Waals surface area contributed by atoms with Gasteiger partial charge in [0.05, 0.1) is 11.0 Å². The summed E-state index contributed by atoms with van der Waals surface area (Å²) in [6, 6.07) is 72.6. The summed E-state index contributed by atoms with van der Waals surface area (Å²) in [6.45, 7) is 0. The summed E-state index contributed by atoms with van der Waals surface area (Å²) in [6.07, 6.45) is 0. The molecule has 0 saturated heterocycles. The standard InChI is InChI=1S/C54H33NO/c1-3-13-34(14-4-1)35-23-24-37-32-38(26-25-36(37)31-35)51-41-17-7-9-19-43(41)52(44-20-10-8-18-42(44)51)39-27-28-46-50(33-39)56-49-30-29-48-53(54(46)49)45-21-11-12-22-47(45)55(48)40-15-5-2-6-16-40/h1-33H. The van der Waals surface area contributed by atoms with Crippen molar-refractivity contribution in [3.05, 3.63) is 200 Å². The molecule has 2 aromatic heterocycles. The lowest BCUT2D eigenvalue weighted by Gasteiger charge is -2.18. The number of furan rings is 1.